The molecule has 6 nitrogen and oxygen atoms in total. The number of rotatable bonds is 7. The number of hydrogen-bond donors (Lipinski definition) is 3. The lowest BCUT2D eigenvalue weighted by atomic mass is 10.1. The topological polar surface area (TPSA) is 107 Å². The van der Waals surface area contributed by atoms with Gasteiger partial charge in [-0.1, -0.05) is 0 Å². The second-order valence-corrected chi connectivity index (χ2v) is 3.80. The van der Waals surface area contributed by atoms with E-state index in [1.165, 1.54) is 6.92 Å². The van der Waals surface area contributed by atoms with Crippen LogP contribution in [0.4, 0.5) is 11.4 Å². The maximum Gasteiger partial charge on any atom is 0.243 e. The van der Waals surface area contributed by atoms with Gasteiger partial charge in [0, 0.05) is 23.5 Å². The van der Waals surface area contributed by atoms with Crippen molar-refractivity contribution >= 4 is 23.1 Å². The largest absolute Gasteiger partial charge is 0.398 e. The summed E-state index contributed by atoms with van der Waals surface area (Å²) < 4.78 is 4.99. The van der Waals surface area contributed by atoms with Gasteiger partial charge < -0.3 is 21.5 Å². The first-order chi connectivity index (χ1) is 8.50. The van der Waals surface area contributed by atoms with Crippen molar-refractivity contribution in [2.24, 2.45) is 5.73 Å². The summed E-state index contributed by atoms with van der Waals surface area (Å²) in [5.41, 5.74) is 12.3. The highest BCUT2D eigenvalue weighted by Crippen LogP contribution is 2.18. The summed E-state index contributed by atoms with van der Waals surface area (Å²) in [5.74, 6) is -0.581. The number of anilines is 2. The molecule has 0 aliphatic rings. The number of primary amides is 1. The van der Waals surface area contributed by atoms with Crippen molar-refractivity contribution in [1.82, 2.24) is 0 Å². The first-order valence-electron chi connectivity index (χ1n) is 5.51. The van der Waals surface area contributed by atoms with Crippen LogP contribution in [0.5, 0.6) is 0 Å². The number of ether oxygens (including phenoxy) is 1. The first-order valence-corrected chi connectivity index (χ1v) is 5.51. The molecule has 0 aliphatic carbocycles. The molecule has 0 fully saturated rings. The summed E-state index contributed by atoms with van der Waals surface area (Å²) in [4.78, 5) is 21.7. The number of nitrogens with two attached hydrogens (primary N) is 2. The lowest BCUT2D eigenvalue weighted by Crippen LogP contribution is -2.20. The van der Waals surface area contributed by atoms with E-state index in [0.717, 1.165) is 5.69 Å². The molecule has 0 bridgehead atoms. The standard InChI is InChI=1S/C12H17N3O3/c1-8(16)10-6-9(2-3-11(10)13)15-4-5-18-7-12(14)17/h2-3,6,15H,4-5,7,13H2,1H3,(H2,14,17). The van der Waals surface area contributed by atoms with Gasteiger partial charge in [-0.15, -0.1) is 0 Å². The third-order valence-electron chi connectivity index (χ3n) is 2.25. The van der Waals surface area contributed by atoms with E-state index >= 15 is 0 Å². The number of hydrogen-bond acceptors (Lipinski definition) is 5. The fraction of sp³-hybridized carbons (Fsp3) is 0.333. The fourth-order valence-corrected chi connectivity index (χ4v) is 1.41. The zero-order valence-electron chi connectivity index (χ0n) is 10.2. The van der Waals surface area contributed by atoms with Gasteiger partial charge in [-0.3, -0.25) is 9.59 Å². The van der Waals surface area contributed by atoms with Crippen LogP contribution >= 0.6 is 0 Å². The average molecular weight is 251 g/mol. The number of carbonyl (C=O) groups is 2. The molecule has 18 heavy (non-hydrogen) atoms. The van der Waals surface area contributed by atoms with Gasteiger partial charge >= 0.3 is 0 Å². The molecular formula is C12H17N3O3. The van der Waals surface area contributed by atoms with E-state index in [9.17, 15) is 9.59 Å². The van der Waals surface area contributed by atoms with E-state index in [2.05, 4.69) is 5.32 Å². The van der Waals surface area contributed by atoms with Crippen LogP contribution in [0.15, 0.2) is 18.2 Å². The Morgan fingerprint density at radius 2 is 2.11 bits per heavy atom. The first kappa shape index (κ1) is 14.0. The van der Waals surface area contributed by atoms with Gasteiger partial charge in [0.05, 0.1) is 6.61 Å². The second-order valence-electron chi connectivity index (χ2n) is 3.80. The lowest BCUT2D eigenvalue weighted by Gasteiger charge is -2.09. The molecule has 98 valence electrons. The van der Waals surface area contributed by atoms with Crippen molar-refractivity contribution in [3.63, 3.8) is 0 Å². The molecule has 6 heteroatoms. The van der Waals surface area contributed by atoms with Crippen LogP contribution in [0.3, 0.4) is 0 Å². The van der Waals surface area contributed by atoms with Gasteiger partial charge in [0.15, 0.2) is 5.78 Å². The average Bonchev–Trinajstić information content (AvgIpc) is 2.30. The summed E-state index contributed by atoms with van der Waals surface area (Å²) in [6.45, 7) is 2.23. The predicted molar refractivity (Wildman–Crippen MR) is 69.4 cm³/mol. The van der Waals surface area contributed by atoms with E-state index in [1.54, 1.807) is 18.2 Å². The number of amides is 1. The molecule has 0 spiro atoms. The highest BCUT2D eigenvalue weighted by molar-refractivity contribution is 6.00. The van der Waals surface area contributed by atoms with Crippen molar-refractivity contribution in [1.29, 1.82) is 0 Å². The van der Waals surface area contributed by atoms with Crippen LogP contribution in [-0.4, -0.2) is 31.4 Å². The Bertz CT molecular complexity index is 446. The molecule has 1 aromatic carbocycles. The predicted octanol–water partition coefficient (Wildman–Crippen LogP) is 0.385. The van der Waals surface area contributed by atoms with Gasteiger partial charge in [-0.25, -0.2) is 0 Å². The van der Waals surface area contributed by atoms with Gasteiger partial charge in [0.25, 0.3) is 0 Å². The van der Waals surface area contributed by atoms with Gasteiger partial charge in [-0.2, -0.15) is 0 Å². The van der Waals surface area contributed by atoms with Crippen LogP contribution in [0.2, 0.25) is 0 Å². The summed E-state index contributed by atoms with van der Waals surface area (Å²) in [6.07, 6.45) is 0. The second kappa shape index (κ2) is 6.61. The van der Waals surface area contributed by atoms with Crippen LogP contribution in [0.25, 0.3) is 0 Å². The zero-order chi connectivity index (χ0) is 13.5. The van der Waals surface area contributed by atoms with E-state index in [4.69, 9.17) is 16.2 Å². The number of carbonyl (C=O) groups excluding carboxylic acids is 2. The number of nitrogen functional groups attached to an aromatic ring is 1. The Labute approximate surface area is 105 Å². The van der Waals surface area contributed by atoms with Crippen LogP contribution in [0, 0.1) is 0 Å². The normalized spacial score (nSPS) is 10.1. The molecule has 0 aliphatic heterocycles. The highest BCUT2D eigenvalue weighted by atomic mass is 16.5. The minimum absolute atomic E-state index is 0.0823. The number of benzene rings is 1. The molecule has 5 N–H and O–H groups in total. The molecule has 0 heterocycles. The van der Waals surface area contributed by atoms with Crippen LogP contribution < -0.4 is 16.8 Å². The van der Waals surface area contributed by atoms with E-state index in [1.807, 2.05) is 0 Å². The molecule has 0 aromatic heterocycles. The maximum atomic E-state index is 11.3. The molecule has 1 rings (SSSR count). The third-order valence-corrected chi connectivity index (χ3v) is 2.25. The minimum atomic E-state index is -0.499. The quantitative estimate of drug-likeness (QED) is 0.369. The van der Waals surface area contributed by atoms with Crippen molar-refractivity contribution in [2.75, 3.05) is 30.8 Å². The highest BCUT2D eigenvalue weighted by Gasteiger charge is 2.05. The monoisotopic (exact) mass is 251 g/mol. The fourth-order valence-electron chi connectivity index (χ4n) is 1.41. The number of nitrogens with one attached hydrogen (secondary N) is 1. The van der Waals surface area contributed by atoms with Crippen LogP contribution in [-0.2, 0) is 9.53 Å². The smallest absolute Gasteiger partial charge is 0.243 e. The SMILES string of the molecule is CC(=O)c1cc(NCCOCC(N)=O)ccc1N. The van der Waals surface area contributed by atoms with Gasteiger partial charge in [0.1, 0.15) is 6.61 Å². The molecule has 0 radical (unpaired) electrons. The van der Waals surface area contributed by atoms with E-state index in [-0.39, 0.29) is 12.4 Å². The zero-order valence-corrected chi connectivity index (χ0v) is 10.2. The molecular weight excluding hydrogens is 234 g/mol. The Morgan fingerprint density at radius 1 is 1.39 bits per heavy atom. The summed E-state index contributed by atoms with van der Waals surface area (Å²) >= 11 is 0. The number of Topliss-reactive ketones (excluding diaryl/α,β-unsaturated/α-hetero) is 1. The van der Waals surface area contributed by atoms with Crippen LogP contribution in [0.1, 0.15) is 17.3 Å². The number of ketones is 1. The third kappa shape index (κ3) is 4.42. The van der Waals surface area contributed by atoms with Gasteiger partial charge in [0.2, 0.25) is 5.91 Å². The summed E-state index contributed by atoms with van der Waals surface area (Å²) in [6, 6.07) is 5.13. The summed E-state index contributed by atoms with van der Waals surface area (Å²) in [7, 11) is 0. The molecule has 0 saturated heterocycles. The Kier molecular flexibility index (Phi) is 5.13. The maximum absolute atomic E-state index is 11.3. The van der Waals surface area contributed by atoms with E-state index < -0.39 is 5.91 Å². The van der Waals surface area contributed by atoms with E-state index in [0.29, 0.717) is 24.4 Å². The molecule has 1 amide bonds. The molecule has 0 unspecified atom stereocenters. The van der Waals surface area contributed by atoms with Crippen molar-refractivity contribution in [3.8, 4) is 0 Å². The molecule has 0 atom stereocenters. The van der Waals surface area contributed by atoms with Crippen molar-refractivity contribution in [2.45, 2.75) is 6.92 Å². The van der Waals surface area contributed by atoms with Crippen molar-refractivity contribution in [3.05, 3.63) is 23.8 Å². The lowest BCUT2D eigenvalue weighted by molar-refractivity contribution is -0.122. The Morgan fingerprint density at radius 3 is 2.72 bits per heavy atom. The Balaban J connectivity index is 2.45. The summed E-state index contributed by atoms with van der Waals surface area (Å²) in [5, 5.41) is 3.06. The Hall–Kier alpha value is -2.08. The van der Waals surface area contributed by atoms with Crippen molar-refractivity contribution < 1.29 is 14.3 Å². The molecule has 0 saturated carbocycles. The molecule has 1 aromatic rings. The minimum Gasteiger partial charge on any atom is -0.398 e. The van der Waals surface area contributed by atoms with Gasteiger partial charge in [-0.05, 0) is 25.1 Å².